The number of amides is 18. The van der Waals surface area contributed by atoms with Crippen molar-refractivity contribution in [3.05, 3.63) is 108 Å². The summed E-state index contributed by atoms with van der Waals surface area (Å²) in [4.78, 5) is 303. The smallest absolute Gasteiger partial charge is 0.322 e. The normalized spacial score (nSPS) is 15.5. The van der Waals surface area contributed by atoms with Crippen LogP contribution in [0.1, 0.15) is 122 Å². The number of hydrogen-bond acceptors (Lipinski definition) is 27. The van der Waals surface area contributed by atoms with Crippen LogP contribution in [-0.4, -0.2) is 317 Å². The first-order chi connectivity index (χ1) is 65.9. The number of thiol groups is 2. The molecule has 758 valence electrons. The summed E-state index contributed by atoms with van der Waals surface area (Å²) in [5.74, 6) is -26.5. The van der Waals surface area contributed by atoms with Crippen molar-refractivity contribution >= 4 is 177 Å². The number of carbonyl (C=O) groups is 22. The van der Waals surface area contributed by atoms with Gasteiger partial charge in [0.1, 0.15) is 85.1 Å². The monoisotopic (exact) mass is 1980 g/mol. The first-order valence-electron chi connectivity index (χ1n) is 44.5. The van der Waals surface area contributed by atoms with Crippen molar-refractivity contribution < 1.29 is 136 Å². The first kappa shape index (κ1) is 113. The Bertz CT molecular complexity index is 5230. The van der Waals surface area contributed by atoms with Gasteiger partial charge in [-0.15, -0.1) is 0 Å². The van der Waals surface area contributed by atoms with Gasteiger partial charge in [0.2, 0.25) is 106 Å². The summed E-state index contributed by atoms with van der Waals surface area (Å²) in [5.41, 5.74) is 14.0. The van der Waals surface area contributed by atoms with Gasteiger partial charge in [-0.1, -0.05) is 101 Å². The molecule has 139 heavy (non-hydrogen) atoms. The van der Waals surface area contributed by atoms with Crippen LogP contribution < -0.4 is 96.5 Å². The van der Waals surface area contributed by atoms with E-state index in [1.165, 1.54) is 0 Å². The van der Waals surface area contributed by atoms with Crippen LogP contribution in [0.3, 0.4) is 0 Å². The van der Waals surface area contributed by atoms with Crippen LogP contribution in [0, 0.1) is 11.8 Å². The number of aliphatic carboxylic acids is 4. The molecular weight excluding hydrogens is 1860 g/mol. The van der Waals surface area contributed by atoms with E-state index >= 15 is 0 Å². The second kappa shape index (κ2) is 56.4. The third-order valence-corrected chi connectivity index (χ3v) is 23.1. The Morgan fingerprint density at radius 1 is 0.417 bits per heavy atom. The Labute approximate surface area is 806 Å². The highest BCUT2D eigenvalue weighted by Gasteiger charge is 2.41. The number of nitrogens with one attached hydrogen (secondary N) is 18. The highest BCUT2D eigenvalue weighted by Crippen LogP contribution is 2.24. The lowest BCUT2D eigenvalue weighted by atomic mass is 9.96. The third-order valence-electron chi connectivity index (χ3n) is 22.4. The molecule has 0 spiro atoms. The summed E-state index contributed by atoms with van der Waals surface area (Å²) in [6, 6.07) is -0.256. The second-order valence-corrected chi connectivity index (χ2v) is 34.0. The summed E-state index contributed by atoms with van der Waals surface area (Å²) >= 11 is 8.46. The number of carbonyl (C=O) groups excluding carboxylic acids is 18. The molecule has 0 aliphatic carbocycles. The third kappa shape index (κ3) is 36.6. The number of aromatic nitrogens is 2. The predicted octanol–water partition coefficient (Wildman–Crippen LogP) is -6.84. The van der Waals surface area contributed by atoms with Crippen LogP contribution in [0.15, 0.2) is 91.3 Å². The SMILES string of the molecule is CC[C@H](C)[C@H](NC(=O)[C@@H](N)CCC(=O)O)C(=O)N[C@@H](CCC(N)=O)C(=O)N[C@@H](CCC(=O)O)C(=O)N[C@@H](CS)C(=O)N[C@H](C(=O)N[C@@H](CCC(=O)O)C(=O)NCC(=O)N1CCC[C@H]1C(=O)N[C@@H](Cc1c[nH]c2ccccc12)C(=O)NCC(=O)N[C@@H](Cc1c[nH]c2ccccc12)C(=O)N[C@@H](Cc1ccccc1)C(=O)N[C@@H](CS)C(=O)N[C@H](C(=O)NCC(=O)N[C@@H](CO)C(=O)NCC(=O)O)C(C)C)[C@@H](C)O. The lowest BCUT2D eigenvalue weighted by molar-refractivity contribution is -0.141. The van der Waals surface area contributed by atoms with Gasteiger partial charge in [-0.3, -0.25) is 105 Å². The number of aliphatic hydroxyl groups is 2. The molecule has 0 saturated carbocycles. The summed E-state index contributed by atoms with van der Waals surface area (Å²) in [6.07, 6.45) is -3.82. The number of carboxylic acids is 4. The van der Waals surface area contributed by atoms with Crippen molar-refractivity contribution in [2.45, 2.75) is 215 Å². The molecule has 18 amide bonds. The van der Waals surface area contributed by atoms with Gasteiger partial charge >= 0.3 is 23.9 Å². The van der Waals surface area contributed by atoms with E-state index in [-0.39, 0.29) is 57.2 Å². The van der Waals surface area contributed by atoms with E-state index in [0.29, 0.717) is 38.5 Å². The molecule has 1 aliphatic rings. The molecule has 16 atom stereocenters. The largest absolute Gasteiger partial charge is 0.481 e. The first-order valence-corrected chi connectivity index (χ1v) is 45.7. The fraction of sp³-hybridized carbons (Fsp3) is 0.500. The van der Waals surface area contributed by atoms with Crippen LogP contribution in [0.5, 0.6) is 0 Å². The zero-order valence-corrected chi connectivity index (χ0v) is 78.5. The number of hydrogen-bond donors (Lipinski definition) is 28. The molecule has 2 aromatic heterocycles. The van der Waals surface area contributed by atoms with Crippen molar-refractivity contribution in [1.29, 1.82) is 0 Å². The van der Waals surface area contributed by atoms with E-state index < -0.39 is 316 Å². The van der Waals surface area contributed by atoms with Crippen molar-refractivity contribution in [1.82, 2.24) is 99.9 Å². The van der Waals surface area contributed by atoms with Crippen molar-refractivity contribution in [3.8, 4) is 0 Å². The summed E-state index contributed by atoms with van der Waals surface area (Å²) in [5, 5.41) is 97.6. The van der Waals surface area contributed by atoms with Gasteiger partial charge < -0.3 is 142 Å². The van der Waals surface area contributed by atoms with Gasteiger partial charge in [0.25, 0.3) is 0 Å². The second-order valence-electron chi connectivity index (χ2n) is 33.3. The maximum atomic E-state index is 15.0. The number of aliphatic hydroxyl groups excluding tert-OH is 2. The van der Waals surface area contributed by atoms with E-state index in [1.54, 1.807) is 119 Å². The molecule has 49 nitrogen and oxygen atoms in total. The lowest BCUT2D eigenvalue weighted by Crippen LogP contribution is -2.62. The number of rotatable bonds is 59. The van der Waals surface area contributed by atoms with Crippen LogP contribution in [-0.2, 0) is 125 Å². The average Bonchev–Trinajstić information content (AvgIpc) is 1.69. The van der Waals surface area contributed by atoms with Crippen LogP contribution in [0.2, 0.25) is 0 Å². The highest BCUT2D eigenvalue weighted by atomic mass is 32.1. The molecule has 0 bridgehead atoms. The van der Waals surface area contributed by atoms with Gasteiger partial charge in [-0.25, -0.2) is 0 Å². The minimum Gasteiger partial charge on any atom is -0.481 e. The molecule has 3 aromatic carbocycles. The number of likely N-dealkylation sites (tertiary alicyclic amines) is 1. The molecule has 1 aliphatic heterocycles. The van der Waals surface area contributed by atoms with Crippen LogP contribution in [0.4, 0.5) is 0 Å². The summed E-state index contributed by atoms with van der Waals surface area (Å²) < 4.78 is 0. The highest BCUT2D eigenvalue weighted by molar-refractivity contribution is 7.80. The average molecular weight is 1990 g/mol. The minimum atomic E-state index is -2.04. The topological polar surface area (TPSA) is 776 Å². The zero-order chi connectivity index (χ0) is 103. The fourth-order valence-corrected chi connectivity index (χ4v) is 15.0. The molecule has 0 unspecified atom stereocenters. The van der Waals surface area contributed by atoms with Crippen LogP contribution >= 0.6 is 25.3 Å². The van der Waals surface area contributed by atoms with Crippen molar-refractivity contribution in [3.63, 3.8) is 0 Å². The van der Waals surface area contributed by atoms with Gasteiger partial charge in [0.05, 0.1) is 38.4 Å². The van der Waals surface area contributed by atoms with Gasteiger partial charge in [0.15, 0.2) is 0 Å². The molecule has 1 saturated heterocycles. The van der Waals surface area contributed by atoms with Crippen LogP contribution in [0.25, 0.3) is 21.8 Å². The standard InChI is InChI=1S/C88H121N21O28S2/c1-6-44(4)73(107-75(124)51(89)22-27-68(116)117)87(136)101-55(23-26-64(90)112)79(128)99-56(25-29-70(120)121)80(129)104-62(42-139)84(133)108-74(45(5)111)88(137)100-54(24-28-69(118)119)76(125)95-38-67(115)109-30-14-21-63(109)85(134)103-58(32-47-34-91-52-19-12-10-17-49(47)52)77(126)93-36-65(113)97-59(33-48-35-92-53-20-13-11-18-50(48)53)82(131)102-57(31-46-15-8-7-9-16-46)81(130)105-61(41-138)83(132)106-72(43(2)3)86(135)94-37-66(114)98-60(40-110)78(127)96-39-71(122)123/h7-13,15-20,34-35,43-45,51,54-63,72-74,91-92,110-111,138-139H,6,14,21-33,36-42,89H2,1-5H3,(H2,90,112)(H,93,126)(H,94,135)(H,95,125)(H,96,127)(H,97,113)(H,98,114)(H,99,128)(H,100,137)(H,101,136)(H,102,131)(H,103,134)(H,104,129)(H,105,130)(H,106,132)(H,107,124)(H,108,133)(H,116,117)(H,118,119)(H,120,121)(H,122,123)/t44-,45+,51-,54-,55-,56-,57-,58-,59-,60-,61-,62-,63-,72-,73-,74-/m0/s1. The molecule has 1 fully saturated rings. The van der Waals surface area contributed by atoms with E-state index in [4.69, 9.17) is 21.7 Å². The Morgan fingerprint density at radius 2 is 0.813 bits per heavy atom. The van der Waals surface area contributed by atoms with Crippen molar-refractivity contribution in [2.75, 3.05) is 50.8 Å². The summed E-state index contributed by atoms with van der Waals surface area (Å²) in [7, 11) is 0. The fourth-order valence-electron chi connectivity index (χ4n) is 14.5. The maximum Gasteiger partial charge on any atom is 0.322 e. The Morgan fingerprint density at radius 3 is 1.30 bits per heavy atom. The van der Waals surface area contributed by atoms with Gasteiger partial charge in [-0.05, 0) is 86.1 Å². The Kier molecular flexibility index (Phi) is 46.0. The number of nitrogens with zero attached hydrogens (tertiary/aromatic N) is 1. The number of primary amides is 1. The molecule has 0 radical (unpaired) electrons. The minimum absolute atomic E-state index is 0.00792. The van der Waals surface area contributed by atoms with E-state index in [9.17, 15) is 126 Å². The van der Waals surface area contributed by atoms with E-state index in [0.717, 1.165) is 11.8 Å². The maximum absolute atomic E-state index is 15.0. The van der Waals surface area contributed by atoms with Crippen molar-refractivity contribution in [2.24, 2.45) is 23.3 Å². The predicted molar refractivity (Wildman–Crippen MR) is 500 cm³/mol. The molecular formula is C88H121N21O28S2. The number of H-pyrrole nitrogens is 2. The molecule has 6 rings (SSSR count). The lowest BCUT2D eigenvalue weighted by Gasteiger charge is -2.29. The number of para-hydroxylation sites is 2. The van der Waals surface area contributed by atoms with E-state index in [1.807, 2.05) is 5.32 Å². The number of nitrogens with two attached hydrogens (primary N) is 2. The Balaban J connectivity index is 1.15. The molecule has 5 aromatic rings. The molecule has 3 heterocycles. The number of benzene rings is 3. The number of fused-ring (bicyclic) bond motifs is 2. The number of carboxylic acid groups (broad SMARTS) is 4. The number of aromatic amines is 2. The molecule has 51 heteroatoms. The van der Waals surface area contributed by atoms with E-state index in [2.05, 4.69) is 115 Å². The van der Waals surface area contributed by atoms with Gasteiger partial charge in [0, 0.05) is 97.2 Å². The zero-order valence-electron chi connectivity index (χ0n) is 76.7. The quantitative estimate of drug-likeness (QED) is 0.0161. The summed E-state index contributed by atoms with van der Waals surface area (Å²) in [6.45, 7) is 2.94. The molecule has 28 N–H and O–H groups in total. The van der Waals surface area contributed by atoms with Gasteiger partial charge in [-0.2, -0.15) is 25.3 Å². The Hall–Kier alpha value is -14.3.